The number of hydrogen-bond donors (Lipinski definition) is 2. The van der Waals surface area contributed by atoms with Gasteiger partial charge < -0.3 is 20.4 Å². The number of nitrogens with one attached hydrogen (secondary N) is 2. The molecule has 172 valence electrons. The summed E-state index contributed by atoms with van der Waals surface area (Å²) in [5.74, 6) is -1.21. The summed E-state index contributed by atoms with van der Waals surface area (Å²) in [7, 11) is 0. The van der Waals surface area contributed by atoms with Gasteiger partial charge in [-0.2, -0.15) is 0 Å². The van der Waals surface area contributed by atoms with Crippen molar-refractivity contribution in [3.05, 3.63) is 59.4 Å². The standard InChI is InChI=1S/C25H33FN4O2/c1-5-29-12-14-30(15-13-29)21-10-11-22(18(4)16-21)27-25(32)23(17(2)3)28-24(31)19-6-8-20(26)9-7-19/h6-11,16-17,23H,5,12-15H2,1-4H3,(H,27,32)(H,28,31). The molecule has 1 heterocycles. The number of carbonyl (C=O) groups excluding carboxylic acids is 2. The van der Waals surface area contributed by atoms with Crippen molar-refractivity contribution >= 4 is 23.2 Å². The predicted molar refractivity (Wildman–Crippen MR) is 127 cm³/mol. The molecule has 2 N–H and O–H groups in total. The molecular formula is C25H33FN4O2. The van der Waals surface area contributed by atoms with Crippen LogP contribution in [0.1, 0.15) is 36.7 Å². The summed E-state index contributed by atoms with van der Waals surface area (Å²) < 4.78 is 13.1. The van der Waals surface area contributed by atoms with Crippen molar-refractivity contribution in [3.63, 3.8) is 0 Å². The van der Waals surface area contributed by atoms with Gasteiger partial charge in [-0.05, 0) is 67.4 Å². The van der Waals surface area contributed by atoms with Crippen LogP contribution in [0.2, 0.25) is 0 Å². The van der Waals surface area contributed by atoms with E-state index < -0.39 is 17.8 Å². The van der Waals surface area contributed by atoms with Crippen molar-refractivity contribution in [2.45, 2.75) is 33.7 Å². The average Bonchev–Trinajstić information content (AvgIpc) is 2.78. The minimum atomic E-state index is -0.714. The number of halogens is 1. The van der Waals surface area contributed by atoms with Gasteiger partial charge in [0.05, 0.1) is 0 Å². The number of rotatable bonds is 7. The van der Waals surface area contributed by atoms with Gasteiger partial charge in [0.25, 0.3) is 5.91 Å². The van der Waals surface area contributed by atoms with Gasteiger partial charge in [-0.1, -0.05) is 20.8 Å². The van der Waals surface area contributed by atoms with Crippen LogP contribution in [0, 0.1) is 18.7 Å². The number of piperazine rings is 1. The highest BCUT2D eigenvalue weighted by Gasteiger charge is 2.25. The maximum atomic E-state index is 13.1. The zero-order chi connectivity index (χ0) is 23.3. The molecule has 32 heavy (non-hydrogen) atoms. The Morgan fingerprint density at radius 1 is 1.03 bits per heavy atom. The Morgan fingerprint density at radius 3 is 2.25 bits per heavy atom. The van der Waals surface area contributed by atoms with Crippen molar-refractivity contribution in [3.8, 4) is 0 Å². The molecule has 1 unspecified atom stereocenters. The maximum absolute atomic E-state index is 13.1. The second-order valence-corrected chi connectivity index (χ2v) is 8.61. The van der Waals surface area contributed by atoms with Crippen molar-refractivity contribution in [2.24, 2.45) is 5.92 Å². The lowest BCUT2D eigenvalue weighted by molar-refractivity contribution is -0.118. The van der Waals surface area contributed by atoms with Crippen LogP contribution in [0.15, 0.2) is 42.5 Å². The minimum Gasteiger partial charge on any atom is -0.369 e. The van der Waals surface area contributed by atoms with Crippen LogP contribution < -0.4 is 15.5 Å². The molecule has 3 rings (SSSR count). The highest BCUT2D eigenvalue weighted by atomic mass is 19.1. The molecule has 1 aliphatic rings. The molecule has 0 bridgehead atoms. The van der Waals surface area contributed by atoms with Crippen LogP contribution in [0.3, 0.4) is 0 Å². The van der Waals surface area contributed by atoms with E-state index in [1.165, 1.54) is 24.3 Å². The van der Waals surface area contributed by atoms with Crippen molar-refractivity contribution < 1.29 is 14.0 Å². The summed E-state index contributed by atoms with van der Waals surface area (Å²) in [5.41, 5.74) is 3.17. The Morgan fingerprint density at radius 2 is 1.69 bits per heavy atom. The zero-order valence-corrected chi connectivity index (χ0v) is 19.3. The number of anilines is 2. The van der Waals surface area contributed by atoms with Gasteiger partial charge in [0.2, 0.25) is 5.91 Å². The first-order valence-corrected chi connectivity index (χ1v) is 11.2. The van der Waals surface area contributed by atoms with Crippen LogP contribution in [-0.4, -0.2) is 55.5 Å². The molecule has 7 heteroatoms. The second kappa shape index (κ2) is 10.6. The molecule has 1 atom stereocenters. The Balaban J connectivity index is 1.66. The van der Waals surface area contributed by atoms with Gasteiger partial charge in [-0.3, -0.25) is 9.59 Å². The monoisotopic (exact) mass is 440 g/mol. The largest absolute Gasteiger partial charge is 0.369 e. The number of benzene rings is 2. The number of amides is 2. The molecule has 0 radical (unpaired) electrons. The maximum Gasteiger partial charge on any atom is 0.251 e. The van der Waals surface area contributed by atoms with Gasteiger partial charge in [0, 0.05) is 43.1 Å². The number of aryl methyl sites for hydroxylation is 1. The Labute approximate surface area is 189 Å². The summed E-state index contributed by atoms with van der Waals surface area (Å²) in [6, 6.07) is 10.6. The van der Waals surface area contributed by atoms with E-state index in [1.54, 1.807) is 0 Å². The minimum absolute atomic E-state index is 0.117. The fourth-order valence-electron chi connectivity index (χ4n) is 3.88. The summed E-state index contributed by atoms with van der Waals surface area (Å²) >= 11 is 0. The predicted octanol–water partition coefficient (Wildman–Crippen LogP) is 3.67. The molecular weight excluding hydrogens is 407 g/mol. The zero-order valence-electron chi connectivity index (χ0n) is 19.3. The van der Waals surface area contributed by atoms with Crippen molar-refractivity contribution in [1.29, 1.82) is 0 Å². The fraction of sp³-hybridized carbons (Fsp3) is 0.440. The van der Waals surface area contributed by atoms with E-state index in [9.17, 15) is 14.0 Å². The van der Waals surface area contributed by atoms with E-state index in [4.69, 9.17) is 0 Å². The first-order chi connectivity index (χ1) is 15.3. The third-order valence-electron chi connectivity index (χ3n) is 5.99. The molecule has 1 fully saturated rings. The third-order valence-corrected chi connectivity index (χ3v) is 5.99. The topological polar surface area (TPSA) is 64.7 Å². The van der Waals surface area contributed by atoms with E-state index in [1.807, 2.05) is 32.9 Å². The van der Waals surface area contributed by atoms with Crippen LogP contribution in [-0.2, 0) is 4.79 Å². The summed E-state index contributed by atoms with van der Waals surface area (Å²) in [6.45, 7) is 13.1. The van der Waals surface area contributed by atoms with Gasteiger partial charge >= 0.3 is 0 Å². The highest BCUT2D eigenvalue weighted by molar-refractivity contribution is 6.01. The molecule has 1 saturated heterocycles. The molecule has 2 aromatic carbocycles. The molecule has 0 aliphatic carbocycles. The Hall–Kier alpha value is -2.93. The number of hydrogen-bond acceptors (Lipinski definition) is 4. The average molecular weight is 441 g/mol. The molecule has 1 aliphatic heterocycles. The smallest absolute Gasteiger partial charge is 0.251 e. The van der Waals surface area contributed by atoms with Crippen LogP contribution in [0.4, 0.5) is 15.8 Å². The van der Waals surface area contributed by atoms with E-state index in [2.05, 4.69) is 33.4 Å². The van der Waals surface area contributed by atoms with Gasteiger partial charge in [0.15, 0.2) is 0 Å². The van der Waals surface area contributed by atoms with Crippen molar-refractivity contribution in [2.75, 3.05) is 42.9 Å². The fourth-order valence-corrected chi connectivity index (χ4v) is 3.88. The van der Waals surface area contributed by atoms with E-state index in [0.717, 1.165) is 49.7 Å². The first-order valence-electron chi connectivity index (χ1n) is 11.2. The lowest BCUT2D eigenvalue weighted by atomic mass is 10.0. The Kier molecular flexibility index (Phi) is 7.85. The second-order valence-electron chi connectivity index (χ2n) is 8.61. The lowest BCUT2D eigenvalue weighted by Gasteiger charge is -2.35. The summed E-state index contributed by atoms with van der Waals surface area (Å²) in [5, 5.41) is 5.74. The normalized spacial score (nSPS) is 15.5. The molecule has 0 saturated carbocycles. The molecule has 0 spiro atoms. The molecule has 0 aromatic heterocycles. The third kappa shape index (κ3) is 5.85. The van der Waals surface area contributed by atoms with E-state index >= 15 is 0 Å². The van der Waals surface area contributed by atoms with Crippen LogP contribution in [0.5, 0.6) is 0 Å². The number of carbonyl (C=O) groups is 2. The lowest BCUT2D eigenvalue weighted by Crippen LogP contribution is -2.47. The van der Waals surface area contributed by atoms with Gasteiger partial charge in [-0.15, -0.1) is 0 Å². The molecule has 6 nitrogen and oxygen atoms in total. The van der Waals surface area contributed by atoms with Gasteiger partial charge in [-0.25, -0.2) is 4.39 Å². The SMILES string of the molecule is CCN1CCN(c2ccc(NC(=O)C(NC(=O)c3ccc(F)cc3)C(C)C)c(C)c2)CC1. The first kappa shape index (κ1) is 23.7. The van der Waals surface area contributed by atoms with E-state index in [-0.39, 0.29) is 11.8 Å². The van der Waals surface area contributed by atoms with Crippen molar-refractivity contribution in [1.82, 2.24) is 10.2 Å². The summed E-state index contributed by atoms with van der Waals surface area (Å²) in [6.07, 6.45) is 0. The number of likely N-dealkylation sites (N-methyl/N-ethyl adjacent to an activating group) is 1. The number of nitrogens with zero attached hydrogens (tertiary/aromatic N) is 2. The highest BCUT2D eigenvalue weighted by Crippen LogP contribution is 2.24. The van der Waals surface area contributed by atoms with E-state index in [0.29, 0.717) is 5.56 Å². The molecule has 2 amide bonds. The van der Waals surface area contributed by atoms with Gasteiger partial charge in [0.1, 0.15) is 11.9 Å². The van der Waals surface area contributed by atoms with Crippen LogP contribution >= 0.6 is 0 Å². The van der Waals surface area contributed by atoms with Crippen LogP contribution in [0.25, 0.3) is 0 Å². The molecule has 2 aromatic rings. The quantitative estimate of drug-likeness (QED) is 0.690. The Bertz CT molecular complexity index is 937. The summed E-state index contributed by atoms with van der Waals surface area (Å²) in [4.78, 5) is 30.3.